The molecule has 1 radical (unpaired) electrons. The van der Waals surface area contributed by atoms with Gasteiger partial charge >= 0.3 is 31.6 Å². The molecule has 0 aromatic heterocycles. The summed E-state index contributed by atoms with van der Waals surface area (Å²) in [7, 11) is 0. The molecule has 0 aliphatic heterocycles. The Bertz CT molecular complexity index is 434. The zero-order valence-electron chi connectivity index (χ0n) is 11.0. The van der Waals surface area contributed by atoms with Gasteiger partial charge in [0, 0.05) is 0 Å². The van der Waals surface area contributed by atoms with E-state index in [0.29, 0.717) is 0 Å². The van der Waals surface area contributed by atoms with Crippen LogP contribution in [0.5, 0.6) is 0 Å². The van der Waals surface area contributed by atoms with Crippen molar-refractivity contribution < 1.29 is 49.7 Å². The Hall–Kier alpha value is -2.14. The second kappa shape index (κ2) is 6.10. The minimum absolute atomic E-state index is 0. The van der Waals surface area contributed by atoms with E-state index in [4.69, 9.17) is 30.5 Å². The maximum Gasteiger partial charge on any atom is 0.482 e. The monoisotopic (exact) mass is 305 g/mol. The summed E-state index contributed by atoms with van der Waals surface area (Å²) in [4.78, 5) is 44.4. The molecule has 1 rings (SSSR count). The minimum Gasteiger partial charge on any atom is -0.481 e. The number of aliphatic carboxylic acids is 4. The topological polar surface area (TPSA) is 190 Å². The van der Waals surface area contributed by atoms with E-state index >= 15 is 0 Å². The van der Waals surface area contributed by atoms with Gasteiger partial charge in [-0.05, 0) is 13.8 Å². The van der Waals surface area contributed by atoms with Gasteiger partial charge in [0.15, 0.2) is 0 Å². The van der Waals surface area contributed by atoms with Crippen LogP contribution in [0.3, 0.4) is 0 Å². The minimum atomic E-state index is -2.17. The van der Waals surface area contributed by atoms with E-state index in [0.717, 1.165) is 13.8 Å². The van der Waals surface area contributed by atoms with E-state index in [9.17, 15) is 19.2 Å². The molecule has 1 aliphatic carbocycles. The molecule has 4 atom stereocenters. The number of carboxylic acid groups (broad SMARTS) is 4. The number of carboxylic acids is 4. The Morgan fingerprint density at radius 1 is 0.762 bits per heavy atom. The van der Waals surface area contributed by atoms with Crippen LogP contribution in [-0.2, 0) is 19.2 Å². The van der Waals surface area contributed by atoms with Crippen molar-refractivity contribution in [3.05, 3.63) is 0 Å². The van der Waals surface area contributed by atoms with Gasteiger partial charge in [0.05, 0.1) is 22.7 Å². The summed E-state index contributed by atoms with van der Waals surface area (Å²) in [6, 6.07) is 0. The van der Waals surface area contributed by atoms with Gasteiger partial charge in [-0.3, -0.25) is 19.2 Å². The highest BCUT2D eigenvalue weighted by atomic mass is 16.4. The molecular formula is C10H14BO10. The smallest absolute Gasteiger partial charge is 0.481 e. The van der Waals surface area contributed by atoms with Crippen LogP contribution in [0.4, 0.5) is 0 Å². The third kappa shape index (κ3) is 2.45. The summed E-state index contributed by atoms with van der Waals surface area (Å²) in [5, 5.41) is 50.0. The lowest BCUT2D eigenvalue weighted by atomic mass is 9.39. The van der Waals surface area contributed by atoms with Gasteiger partial charge in [0.25, 0.3) is 0 Å². The van der Waals surface area contributed by atoms with Crippen LogP contribution in [0.15, 0.2) is 0 Å². The van der Waals surface area contributed by atoms with Crippen molar-refractivity contribution in [2.24, 2.45) is 22.7 Å². The summed E-state index contributed by atoms with van der Waals surface area (Å²) in [5.41, 5.74) is -4.35. The fourth-order valence-corrected chi connectivity index (χ4v) is 2.71. The normalized spacial score (nSPS) is 33.7. The predicted molar refractivity (Wildman–Crippen MR) is 63.9 cm³/mol. The van der Waals surface area contributed by atoms with Gasteiger partial charge in [-0.25, -0.2) is 0 Å². The third-order valence-corrected chi connectivity index (χ3v) is 4.08. The molecule has 1 saturated carbocycles. The summed E-state index contributed by atoms with van der Waals surface area (Å²) in [5.74, 6) is -10.1. The van der Waals surface area contributed by atoms with Crippen LogP contribution < -0.4 is 0 Å². The highest BCUT2D eigenvalue weighted by Gasteiger charge is 2.79. The first-order chi connectivity index (χ1) is 9.44. The Morgan fingerprint density at radius 2 is 0.952 bits per heavy atom. The van der Waals surface area contributed by atoms with Crippen molar-refractivity contribution in [3.63, 3.8) is 0 Å². The average Bonchev–Trinajstić information content (AvgIpc) is 2.32. The largest absolute Gasteiger partial charge is 0.482 e. The van der Waals surface area contributed by atoms with Crippen LogP contribution >= 0.6 is 0 Å². The lowest BCUT2D eigenvalue weighted by Gasteiger charge is -2.58. The van der Waals surface area contributed by atoms with Crippen LogP contribution in [0.25, 0.3) is 0 Å². The summed E-state index contributed by atoms with van der Waals surface area (Å²) < 4.78 is 0. The van der Waals surface area contributed by atoms with Gasteiger partial charge in [-0.1, -0.05) is 0 Å². The lowest BCUT2D eigenvalue weighted by molar-refractivity contribution is -0.232. The maximum absolute atomic E-state index is 11.2. The molecule has 0 spiro atoms. The first kappa shape index (κ1) is 18.9. The summed E-state index contributed by atoms with van der Waals surface area (Å²) in [6.45, 7) is 1.89. The molecule has 0 aromatic carbocycles. The molecule has 1 fully saturated rings. The van der Waals surface area contributed by atoms with Crippen molar-refractivity contribution in [1.29, 1.82) is 0 Å². The van der Waals surface area contributed by atoms with Crippen molar-refractivity contribution in [2.75, 3.05) is 0 Å². The Balaban J connectivity index is 0.00000122. The maximum atomic E-state index is 11.2. The molecule has 11 heteroatoms. The van der Waals surface area contributed by atoms with Crippen molar-refractivity contribution in [2.45, 2.75) is 13.8 Å². The van der Waals surface area contributed by atoms with Gasteiger partial charge in [-0.2, -0.15) is 0 Å². The molecule has 0 amide bonds. The number of carbonyl (C=O) groups is 4. The third-order valence-electron chi connectivity index (χ3n) is 4.08. The summed E-state index contributed by atoms with van der Waals surface area (Å²) >= 11 is 0. The van der Waals surface area contributed by atoms with Crippen LogP contribution in [0, 0.1) is 22.7 Å². The van der Waals surface area contributed by atoms with E-state index in [2.05, 4.69) is 0 Å². The highest BCUT2D eigenvalue weighted by molar-refractivity contribution is 6.13. The molecular weight excluding hydrogens is 291 g/mol. The quantitative estimate of drug-likeness (QED) is 0.319. The molecule has 21 heavy (non-hydrogen) atoms. The highest BCUT2D eigenvalue weighted by Crippen LogP contribution is 2.65. The molecule has 117 valence electrons. The van der Waals surface area contributed by atoms with Crippen molar-refractivity contribution >= 4 is 31.6 Å². The van der Waals surface area contributed by atoms with Crippen LogP contribution in [0.2, 0.25) is 0 Å². The molecule has 10 nitrogen and oxygen atoms in total. The number of hydrogen-bond donors (Lipinski definition) is 6. The predicted octanol–water partition coefficient (Wildman–Crippen LogP) is -1.91. The standard InChI is InChI=1S/C10H12O8.BH2O2/c1-9(7(15)16)3(5(11)12)4(6(13)14)10(9,2)8(17)18;2-1-3/h3-4H,1-2H3,(H,11,12)(H,13,14)(H,15,16)(H,17,18);2-3H. The number of hydrogen-bond acceptors (Lipinski definition) is 6. The fourth-order valence-electron chi connectivity index (χ4n) is 2.71. The van der Waals surface area contributed by atoms with E-state index in [1.165, 1.54) is 0 Å². The zero-order chi connectivity index (χ0) is 17.2. The molecule has 4 unspecified atom stereocenters. The number of rotatable bonds is 4. The fraction of sp³-hybridized carbons (Fsp3) is 0.600. The second-order valence-corrected chi connectivity index (χ2v) is 4.76. The molecule has 0 bridgehead atoms. The SMILES string of the molecule is CC1(C(=O)O)C(C(=O)O)C(C(=O)O)C1(C)C(=O)O.O[B]O. The first-order valence-electron chi connectivity index (χ1n) is 5.47. The molecule has 0 aromatic rings. The lowest BCUT2D eigenvalue weighted by Crippen LogP contribution is -2.73. The van der Waals surface area contributed by atoms with E-state index in [-0.39, 0.29) is 7.69 Å². The van der Waals surface area contributed by atoms with E-state index < -0.39 is 46.5 Å². The van der Waals surface area contributed by atoms with Gasteiger partial charge in [0.2, 0.25) is 0 Å². The van der Waals surface area contributed by atoms with E-state index in [1.54, 1.807) is 0 Å². The molecule has 6 N–H and O–H groups in total. The van der Waals surface area contributed by atoms with Crippen LogP contribution in [-0.4, -0.2) is 62.0 Å². The first-order valence-corrected chi connectivity index (χ1v) is 5.47. The summed E-state index contributed by atoms with van der Waals surface area (Å²) in [6.07, 6.45) is 0. The average molecular weight is 305 g/mol. The van der Waals surface area contributed by atoms with Gasteiger partial charge in [0.1, 0.15) is 0 Å². The molecule has 1 aliphatic rings. The zero-order valence-corrected chi connectivity index (χ0v) is 11.0. The molecule has 0 heterocycles. The second-order valence-electron chi connectivity index (χ2n) is 4.76. The van der Waals surface area contributed by atoms with Crippen molar-refractivity contribution in [1.82, 2.24) is 0 Å². The Morgan fingerprint density at radius 3 is 1.05 bits per heavy atom. The van der Waals surface area contributed by atoms with Crippen molar-refractivity contribution in [3.8, 4) is 0 Å². The Kier molecular flexibility index (Phi) is 5.48. The van der Waals surface area contributed by atoms with Gasteiger partial charge in [-0.15, -0.1) is 0 Å². The molecule has 0 saturated heterocycles. The van der Waals surface area contributed by atoms with E-state index in [1.807, 2.05) is 0 Å². The van der Waals surface area contributed by atoms with Gasteiger partial charge < -0.3 is 30.5 Å². The van der Waals surface area contributed by atoms with Crippen LogP contribution in [0.1, 0.15) is 13.8 Å². The Labute approximate surface area is 118 Å².